The number of ether oxygens (including phenoxy) is 1. The predicted octanol–water partition coefficient (Wildman–Crippen LogP) is 2.10. The molecule has 3 rings (SSSR count). The summed E-state index contributed by atoms with van der Waals surface area (Å²) < 4.78 is 5.33. The molecular formula is C22H34N4O3. The second-order valence-electron chi connectivity index (χ2n) is 7.84. The van der Waals surface area contributed by atoms with Crippen LogP contribution < -0.4 is 5.32 Å². The summed E-state index contributed by atoms with van der Waals surface area (Å²) in [7, 11) is 0. The van der Waals surface area contributed by atoms with Crippen LogP contribution in [0.5, 0.6) is 0 Å². The summed E-state index contributed by atoms with van der Waals surface area (Å²) in [6.07, 6.45) is 1.93. The van der Waals surface area contributed by atoms with Gasteiger partial charge >= 0.3 is 6.03 Å². The Morgan fingerprint density at radius 3 is 2.24 bits per heavy atom. The Hall–Kier alpha value is -2.12. The monoisotopic (exact) mass is 402 g/mol. The lowest BCUT2D eigenvalue weighted by atomic mass is 10.0. The zero-order valence-electron chi connectivity index (χ0n) is 17.7. The molecule has 7 heteroatoms. The number of rotatable bonds is 6. The van der Waals surface area contributed by atoms with Crippen molar-refractivity contribution >= 4 is 11.9 Å². The SMILES string of the molecule is CCCC(NC(=O)C(C)N1CCN(C(=O)N2CCOCC2)CC1)c1ccccc1. The number of benzene rings is 1. The van der Waals surface area contributed by atoms with Gasteiger partial charge in [0.2, 0.25) is 5.91 Å². The highest BCUT2D eigenvalue weighted by atomic mass is 16.5. The predicted molar refractivity (Wildman–Crippen MR) is 113 cm³/mol. The first-order valence-electron chi connectivity index (χ1n) is 10.8. The van der Waals surface area contributed by atoms with Crippen molar-refractivity contribution in [1.29, 1.82) is 0 Å². The number of carbonyl (C=O) groups is 2. The average Bonchev–Trinajstić information content (AvgIpc) is 2.79. The fourth-order valence-corrected chi connectivity index (χ4v) is 4.01. The van der Waals surface area contributed by atoms with Gasteiger partial charge in [-0.3, -0.25) is 9.69 Å². The van der Waals surface area contributed by atoms with E-state index in [4.69, 9.17) is 4.74 Å². The maximum absolute atomic E-state index is 12.9. The van der Waals surface area contributed by atoms with Crippen LogP contribution in [0.15, 0.2) is 30.3 Å². The normalized spacial score (nSPS) is 20.2. The standard InChI is InChI=1S/C22H34N4O3/c1-3-7-20(19-8-5-4-6-9-19)23-21(27)18(2)24-10-12-25(13-11-24)22(28)26-14-16-29-17-15-26/h4-6,8-9,18,20H,3,7,10-17H2,1-2H3,(H,23,27). The smallest absolute Gasteiger partial charge is 0.320 e. The van der Waals surface area contributed by atoms with E-state index in [0.29, 0.717) is 52.5 Å². The second-order valence-corrected chi connectivity index (χ2v) is 7.84. The van der Waals surface area contributed by atoms with Gasteiger partial charge in [0.1, 0.15) is 0 Å². The molecule has 29 heavy (non-hydrogen) atoms. The zero-order chi connectivity index (χ0) is 20.6. The number of hydrogen-bond donors (Lipinski definition) is 1. The maximum atomic E-state index is 12.9. The quantitative estimate of drug-likeness (QED) is 0.792. The molecule has 2 fully saturated rings. The van der Waals surface area contributed by atoms with Crippen molar-refractivity contribution in [3.63, 3.8) is 0 Å². The topological polar surface area (TPSA) is 65.1 Å². The fourth-order valence-electron chi connectivity index (χ4n) is 4.01. The van der Waals surface area contributed by atoms with Crippen molar-refractivity contribution in [3.05, 3.63) is 35.9 Å². The van der Waals surface area contributed by atoms with Crippen molar-refractivity contribution in [2.45, 2.75) is 38.8 Å². The number of carbonyl (C=O) groups excluding carboxylic acids is 2. The minimum absolute atomic E-state index is 0.0420. The summed E-state index contributed by atoms with van der Waals surface area (Å²) in [5.74, 6) is 0.0558. The van der Waals surface area contributed by atoms with Gasteiger partial charge in [0.15, 0.2) is 0 Å². The van der Waals surface area contributed by atoms with Crippen LogP contribution in [0.3, 0.4) is 0 Å². The van der Waals surface area contributed by atoms with E-state index in [9.17, 15) is 9.59 Å². The molecule has 2 heterocycles. The van der Waals surface area contributed by atoms with Crippen molar-refractivity contribution in [2.75, 3.05) is 52.5 Å². The van der Waals surface area contributed by atoms with Crippen LogP contribution >= 0.6 is 0 Å². The molecule has 0 spiro atoms. The molecule has 2 unspecified atom stereocenters. The molecule has 1 N–H and O–H groups in total. The molecule has 7 nitrogen and oxygen atoms in total. The number of piperazine rings is 1. The van der Waals surface area contributed by atoms with E-state index in [1.807, 2.05) is 34.9 Å². The molecule has 2 atom stereocenters. The van der Waals surface area contributed by atoms with Gasteiger partial charge in [-0.15, -0.1) is 0 Å². The lowest BCUT2D eigenvalue weighted by molar-refractivity contribution is -0.127. The van der Waals surface area contributed by atoms with E-state index in [0.717, 1.165) is 18.4 Å². The van der Waals surface area contributed by atoms with Gasteiger partial charge in [-0.25, -0.2) is 4.79 Å². The molecular weight excluding hydrogens is 368 g/mol. The van der Waals surface area contributed by atoms with E-state index >= 15 is 0 Å². The Labute approximate surface area is 174 Å². The first-order chi connectivity index (χ1) is 14.1. The fraction of sp³-hybridized carbons (Fsp3) is 0.636. The Bertz CT molecular complexity index is 655. The molecule has 0 bridgehead atoms. The number of urea groups is 1. The minimum atomic E-state index is -0.210. The molecule has 2 aliphatic heterocycles. The van der Waals surface area contributed by atoms with E-state index in [1.165, 1.54) is 0 Å². The van der Waals surface area contributed by atoms with Crippen molar-refractivity contribution in [3.8, 4) is 0 Å². The van der Waals surface area contributed by atoms with Gasteiger partial charge < -0.3 is 19.9 Å². The zero-order valence-corrected chi connectivity index (χ0v) is 17.7. The lowest BCUT2D eigenvalue weighted by Gasteiger charge is -2.40. The lowest BCUT2D eigenvalue weighted by Crippen LogP contribution is -2.58. The molecule has 2 saturated heterocycles. The summed E-state index contributed by atoms with van der Waals surface area (Å²) >= 11 is 0. The number of nitrogens with zero attached hydrogens (tertiary/aromatic N) is 3. The molecule has 0 aliphatic carbocycles. The molecule has 3 amide bonds. The van der Waals surface area contributed by atoms with Crippen LogP contribution in [-0.2, 0) is 9.53 Å². The largest absolute Gasteiger partial charge is 0.378 e. The number of morpholine rings is 1. The Balaban J connectivity index is 1.50. The van der Waals surface area contributed by atoms with Crippen LogP contribution in [0, 0.1) is 0 Å². The maximum Gasteiger partial charge on any atom is 0.320 e. The molecule has 160 valence electrons. The molecule has 0 saturated carbocycles. The van der Waals surface area contributed by atoms with Gasteiger partial charge in [-0.1, -0.05) is 43.7 Å². The molecule has 2 aliphatic rings. The number of amides is 3. The third-order valence-corrected chi connectivity index (χ3v) is 5.89. The summed E-state index contributed by atoms with van der Waals surface area (Å²) in [5, 5.41) is 3.23. The Morgan fingerprint density at radius 2 is 1.62 bits per heavy atom. The van der Waals surface area contributed by atoms with E-state index in [2.05, 4.69) is 29.3 Å². The summed E-state index contributed by atoms with van der Waals surface area (Å²) in [6, 6.07) is 10.1. The van der Waals surface area contributed by atoms with Gasteiger partial charge in [0, 0.05) is 39.3 Å². The molecule has 1 aromatic carbocycles. The Kier molecular flexibility index (Phi) is 7.89. The van der Waals surface area contributed by atoms with Crippen LogP contribution in [0.25, 0.3) is 0 Å². The highest BCUT2D eigenvalue weighted by molar-refractivity contribution is 5.82. The minimum Gasteiger partial charge on any atom is -0.378 e. The van der Waals surface area contributed by atoms with Crippen LogP contribution in [0.2, 0.25) is 0 Å². The van der Waals surface area contributed by atoms with Gasteiger partial charge in [-0.2, -0.15) is 0 Å². The van der Waals surface area contributed by atoms with E-state index in [1.54, 1.807) is 0 Å². The third-order valence-electron chi connectivity index (χ3n) is 5.89. The summed E-state index contributed by atoms with van der Waals surface area (Å²) in [6.45, 7) is 9.40. The van der Waals surface area contributed by atoms with E-state index < -0.39 is 0 Å². The highest BCUT2D eigenvalue weighted by Crippen LogP contribution is 2.19. The summed E-state index contributed by atoms with van der Waals surface area (Å²) in [4.78, 5) is 31.5. The van der Waals surface area contributed by atoms with E-state index in [-0.39, 0.29) is 24.0 Å². The molecule has 0 aromatic heterocycles. The summed E-state index contributed by atoms with van der Waals surface area (Å²) in [5.41, 5.74) is 1.15. The van der Waals surface area contributed by atoms with Crippen LogP contribution in [0.1, 0.15) is 38.3 Å². The molecule has 0 radical (unpaired) electrons. The van der Waals surface area contributed by atoms with Crippen molar-refractivity contribution in [2.24, 2.45) is 0 Å². The number of hydrogen-bond acceptors (Lipinski definition) is 4. The van der Waals surface area contributed by atoms with Crippen LogP contribution in [-0.4, -0.2) is 85.2 Å². The van der Waals surface area contributed by atoms with Crippen molar-refractivity contribution in [1.82, 2.24) is 20.0 Å². The highest BCUT2D eigenvalue weighted by Gasteiger charge is 2.30. The number of nitrogens with one attached hydrogen (secondary N) is 1. The van der Waals surface area contributed by atoms with Gasteiger partial charge in [0.05, 0.1) is 25.3 Å². The average molecular weight is 403 g/mol. The van der Waals surface area contributed by atoms with Gasteiger partial charge in [0.25, 0.3) is 0 Å². The first kappa shape index (κ1) is 21.6. The third kappa shape index (κ3) is 5.70. The van der Waals surface area contributed by atoms with Gasteiger partial charge in [-0.05, 0) is 18.9 Å². The second kappa shape index (κ2) is 10.6. The van der Waals surface area contributed by atoms with Crippen LogP contribution in [0.4, 0.5) is 4.79 Å². The Morgan fingerprint density at radius 1 is 1.00 bits per heavy atom. The first-order valence-corrected chi connectivity index (χ1v) is 10.8. The molecule has 1 aromatic rings. The van der Waals surface area contributed by atoms with Crippen molar-refractivity contribution < 1.29 is 14.3 Å².